The van der Waals surface area contributed by atoms with E-state index in [-0.39, 0.29) is 39.8 Å². The monoisotopic (exact) mass is 919 g/mol. The van der Waals surface area contributed by atoms with Gasteiger partial charge in [-0.2, -0.15) is 24.4 Å². The van der Waals surface area contributed by atoms with Gasteiger partial charge in [0.2, 0.25) is 11.9 Å². The lowest BCUT2D eigenvalue weighted by Crippen LogP contribution is -2.73. The van der Waals surface area contributed by atoms with Crippen LogP contribution in [0.4, 0.5) is 9.93 Å². The van der Waals surface area contributed by atoms with E-state index >= 15 is 0 Å². The Bertz CT molecular complexity index is 2580. The minimum Gasteiger partial charge on any atom is -0.731 e. The van der Waals surface area contributed by atoms with E-state index in [4.69, 9.17) is 14.3 Å². The molecule has 3 amide bonds. The molecular weight excluding hydrogens is 879 g/mol. The third kappa shape index (κ3) is 10.0. The molecule has 3 aromatic heterocycles. The number of carbonyl (C=O) groups excluding carboxylic acids is 4. The normalized spacial score (nSPS) is 19.3. The largest absolute Gasteiger partial charge is 0.731 e. The molecule has 0 spiro atoms. The summed E-state index contributed by atoms with van der Waals surface area (Å²) >= 11 is 2.56. The van der Waals surface area contributed by atoms with Gasteiger partial charge in [-0.25, -0.2) is 27.3 Å². The molecule has 3 aliphatic rings. The minimum absolute atomic E-state index is 0.00628. The number of nitrogens with zero attached hydrogens (tertiary/aromatic N) is 9. The Hall–Kier alpha value is -6.24. The minimum atomic E-state index is -5.33. The number of benzene rings is 2. The first kappa shape index (κ1) is 43.4. The number of hydrogen-bond donors (Lipinski definition) is 2. The van der Waals surface area contributed by atoms with Crippen LogP contribution >= 0.6 is 23.1 Å². The number of β-lactam (4-membered cyclic amide) rings is 1. The van der Waals surface area contributed by atoms with Crippen molar-refractivity contribution in [2.75, 3.05) is 5.32 Å². The number of nitrogens with one attached hydrogen (secondary N) is 2. The second kappa shape index (κ2) is 17.5. The van der Waals surface area contributed by atoms with E-state index in [1.54, 1.807) is 45.2 Å². The van der Waals surface area contributed by atoms with Gasteiger partial charge in [0.05, 0.1) is 36.3 Å². The predicted molar refractivity (Wildman–Crippen MR) is 222 cm³/mol. The number of thioether (sulfide) groups is 1. The number of esters is 1. The number of thiazole rings is 1. The van der Waals surface area contributed by atoms with Crippen molar-refractivity contribution in [3.63, 3.8) is 0 Å². The summed E-state index contributed by atoms with van der Waals surface area (Å²) in [5, 5.41) is 19.3. The van der Waals surface area contributed by atoms with Gasteiger partial charge in [-0.05, 0) is 36.9 Å². The molecule has 1 aliphatic carbocycles. The second-order valence-corrected chi connectivity index (χ2v) is 19.3. The molecule has 1 saturated heterocycles. The number of rotatable bonds is 16. The van der Waals surface area contributed by atoms with Crippen LogP contribution in [0.1, 0.15) is 62.2 Å². The molecule has 0 unspecified atom stereocenters. The number of carbonyl (C=O) groups is 4. The van der Waals surface area contributed by atoms with E-state index < -0.39 is 69.3 Å². The maximum absolute atomic E-state index is 14.2. The first-order chi connectivity index (χ1) is 30.0. The molecule has 63 heavy (non-hydrogen) atoms. The van der Waals surface area contributed by atoms with Gasteiger partial charge in [0.15, 0.2) is 27.3 Å². The Labute approximate surface area is 368 Å². The third-order valence-corrected chi connectivity index (χ3v) is 12.9. The van der Waals surface area contributed by atoms with Crippen LogP contribution in [0.3, 0.4) is 0 Å². The summed E-state index contributed by atoms with van der Waals surface area (Å²) in [5.74, 6) is -2.56. The summed E-state index contributed by atoms with van der Waals surface area (Å²) in [6.07, 6.45) is 3.73. The first-order valence-electron chi connectivity index (χ1n) is 19.6. The maximum atomic E-state index is 14.2. The zero-order valence-corrected chi connectivity index (χ0v) is 36.4. The van der Waals surface area contributed by atoms with E-state index in [2.05, 4.69) is 36.0 Å². The first-order valence-corrected chi connectivity index (χ1v) is 22.9. The number of ether oxygens (including phenoxy) is 2. The van der Waals surface area contributed by atoms with Crippen molar-refractivity contribution < 1.29 is 51.1 Å². The fourth-order valence-electron chi connectivity index (χ4n) is 6.81. The molecule has 2 N–H and O–H groups in total. The van der Waals surface area contributed by atoms with Crippen molar-refractivity contribution in [1.82, 2.24) is 39.3 Å². The number of aromatic nitrogens is 7. The molecule has 2 aliphatic heterocycles. The maximum Gasteiger partial charge on any atom is 0.413 e. The molecule has 5 aromatic rings. The molecule has 1 saturated carbocycles. The van der Waals surface area contributed by atoms with Gasteiger partial charge in [-0.15, -0.1) is 23.1 Å². The smallest absolute Gasteiger partial charge is 0.413 e. The molecule has 21 nitrogen and oxygen atoms in total. The lowest BCUT2D eigenvalue weighted by atomic mass is 9.98. The van der Waals surface area contributed by atoms with Crippen molar-refractivity contribution >= 4 is 68.1 Å². The fraction of sp³-hybridized carbons (Fsp3) is 0.385. The number of fused-ring (bicyclic) bond motifs is 1. The number of anilines is 1. The van der Waals surface area contributed by atoms with E-state index in [1.807, 2.05) is 70.0 Å². The summed E-state index contributed by atoms with van der Waals surface area (Å²) in [4.78, 5) is 69.3. The SMILES string of the molecule is CC(C)(C)OC(=O)Nc1nc(C(=NOC2(C(=O)OC(c3ccccc3)c3ccccc3)CC2)C(=O)N[C@@H]2C(=O)N(S(=O)(=O)[O-])[C@@H]2Cn2ncc(CSC3Cn4cnc[n+]4C3)n2)cs1. The molecule has 0 radical (unpaired) electrons. The van der Waals surface area contributed by atoms with Crippen molar-refractivity contribution in [3.05, 3.63) is 107 Å². The highest BCUT2D eigenvalue weighted by molar-refractivity contribution is 7.99. The topological polar surface area (TPSA) is 258 Å². The zero-order chi connectivity index (χ0) is 44.5. The Morgan fingerprint density at radius 3 is 2.43 bits per heavy atom. The molecular formula is C39H41N11O10S3. The van der Waals surface area contributed by atoms with Crippen LogP contribution in [0.25, 0.3) is 0 Å². The zero-order valence-electron chi connectivity index (χ0n) is 34.0. The van der Waals surface area contributed by atoms with E-state index in [0.29, 0.717) is 22.6 Å². The average molecular weight is 920 g/mol. The van der Waals surface area contributed by atoms with Crippen LogP contribution in [-0.4, -0.2) is 105 Å². The van der Waals surface area contributed by atoms with E-state index in [0.717, 1.165) is 29.2 Å². The number of hydrogen-bond acceptors (Lipinski definition) is 17. The quantitative estimate of drug-likeness (QED) is 0.0360. The summed E-state index contributed by atoms with van der Waals surface area (Å²) in [5.41, 5.74) is -1.13. The molecule has 2 fully saturated rings. The van der Waals surface area contributed by atoms with Gasteiger partial charge in [-0.1, -0.05) is 65.8 Å². The predicted octanol–water partition coefficient (Wildman–Crippen LogP) is 2.32. The van der Waals surface area contributed by atoms with Gasteiger partial charge in [0, 0.05) is 24.0 Å². The summed E-state index contributed by atoms with van der Waals surface area (Å²) in [7, 11) is -5.33. The van der Waals surface area contributed by atoms with E-state index in [1.165, 1.54) is 11.6 Å². The molecule has 330 valence electrons. The Morgan fingerprint density at radius 2 is 1.79 bits per heavy atom. The van der Waals surface area contributed by atoms with Crippen LogP contribution in [0.2, 0.25) is 0 Å². The van der Waals surface area contributed by atoms with Gasteiger partial charge in [-0.3, -0.25) is 14.9 Å². The van der Waals surface area contributed by atoms with Crippen molar-refractivity contribution in [3.8, 4) is 0 Å². The summed E-state index contributed by atoms with van der Waals surface area (Å²) < 4.78 is 52.3. The van der Waals surface area contributed by atoms with Crippen molar-refractivity contribution in [1.29, 1.82) is 0 Å². The molecule has 2 atom stereocenters. The van der Waals surface area contributed by atoms with E-state index in [9.17, 15) is 32.1 Å². The summed E-state index contributed by atoms with van der Waals surface area (Å²) in [6, 6.07) is 15.2. The third-order valence-electron chi connectivity index (χ3n) is 10.00. The van der Waals surface area contributed by atoms with Crippen LogP contribution in [0, 0.1) is 0 Å². The van der Waals surface area contributed by atoms with Gasteiger partial charge >= 0.3 is 18.4 Å². The highest BCUT2D eigenvalue weighted by Gasteiger charge is 2.57. The second-order valence-electron chi connectivity index (χ2n) is 15.9. The Morgan fingerprint density at radius 1 is 1.10 bits per heavy atom. The van der Waals surface area contributed by atoms with Crippen molar-refractivity contribution in [2.45, 2.75) is 93.6 Å². The number of amides is 3. The van der Waals surface area contributed by atoms with Crippen LogP contribution in [0.5, 0.6) is 0 Å². The highest BCUT2D eigenvalue weighted by atomic mass is 32.2. The number of oxime groups is 1. The fourth-order valence-corrected chi connectivity index (χ4v) is 9.40. The van der Waals surface area contributed by atoms with Crippen LogP contribution < -0.4 is 15.3 Å². The average Bonchev–Trinajstić information content (AvgIpc) is 3.62. The van der Waals surface area contributed by atoms with Gasteiger partial charge in [0.1, 0.15) is 23.9 Å². The van der Waals surface area contributed by atoms with Crippen LogP contribution in [0.15, 0.2) is 90.1 Å². The molecule has 0 bridgehead atoms. The lowest BCUT2D eigenvalue weighted by molar-refractivity contribution is -0.758. The lowest BCUT2D eigenvalue weighted by Gasteiger charge is -2.46. The molecule has 5 heterocycles. The van der Waals surface area contributed by atoms with Crippen molar-refractivity contribution in [2.24, 2.45) is 5.16 Å². The standard InChI is InChI=1S/C39H41N11O10S3/c1-38(2,3)59-37(54)44-36-42-28(21-62-36)30(46-60-39(14-15-39)35(53)58-32(24-10-6-4-7-11-24)25-12-8-5-9-13-25)33(51)43-31-29(50(34(31)52)63(55,56)57)19-49-41-16-26(45-49)20-61-27-17-47-22-40-23-48(47)18-27/h4-13,16,21-23,27,29,31-32H,14-15,17-20H2,1-3H3,(H2-,42,43,44,51,54,55,56,57)/t29-,31+/m1/s1. The Balaban J connectivity index is 1.01. The van der Waals surface area contributed by atoms with Gasteiger partial charge < -0.3 is 24.2 Å². The highest BCUT2D eigenvalue weighted by Crippen LogP contribution is 2.43. The van der Waals surface area contributed by atoms with Crippen LogP contribution in [-0.2, 0) is 64.4 Å². The Kier molecular flexibility index (Phi) is 12.1. The molecule has 8 rings (SSSR count). The van der Waals surface area contributed by atoms with Gasteiger partial charge in [0.25, 0.3) is 11.8 Å². The summed E-state index contributed by atoms with van der Waals surface area (Å²) in [6.45, 7) is 6.17. The molecule has 24 heteroatoms. The molecule has 2 aromatic carbocycles.